The van der Waals surface area contributed by atoms with Crippen molar-refractivity contribution in [3.8, 4) is 5.75 Å². The Morgan fingerprint density at radius 3 is 2.50 bits per heavy atom. The highest BCUT2D eigenvalue weighted by atomic mass is 35.5. The summed E-state index contributed by atoms with van der Waals surface area (Å²) in [7, 11) is -2.12. The molecule has 0 saturated carbocycles. The molecule has 0 N–H and O–H groups in total. The quantitative estimate of drug-likeness (QED) is 0.758. The first-order chi connectivity index (χ1) is 11.3. The molecular formula is C18H22ClNO3S. The molecule has 0 spiro atoms. The van der Waals surface area contributed by atoms with Crippen molar-refractivity contribution in [2.75, 3.05) is 13.7 Å². The third kappa shape index (κ3) is 3.74. The number of nitrogens with zero attached hydrogens (tertiary/aromatic N) is 1. The molecule has 0 aromatic heterocycles. The molecule has 1 atom stereocenters. The minimum atomic E-state index is -3.70. The highest BCUT2D eigenvalue weighted by molar-refractivity contribution is 7.89. The summed E-state index contributed by atoms with van der Waals surface area (Å²) < 4.78 is 32.8. The number of rotatable bonds is 6. The zero-order chi connectivity index (χ0) is 17.9. The molecule has 4 nitrogen and oxygen atoms in total. The van der Waals surface area contributed by atoms with Gasteiger partial charge in [-0.2, -0.15) is 4.31 Å². The summed E-state index contributed by atoms with van der Waals surface area (Å²) in [5.74, 6) is 0.696. The molecule has 2 rings (SSSR count). The molecule has 6 heteroatoms. The molecule has 1 unspecified atom stereocenters. The van der Waals surface area contributed by atoms with Gasteiger partial charge >= 0.3 is 0 Å². The van der Waals surface area contributed by atoms with Gasteiger partial charge in [-0.05, 0) is 49.2 Å². The first-order valence-corrected chi connectivity index (χ1v) is 9.55. The zero-order valence-corrected chi connectivity index (χ0v) is 15.9. The van der Waals surface area contributed by atoms with Crippen LogP contribution in [0.25, 0.3) is 0 Å². The van der Waals surface area contributed by atoms with Crippen molar-refractivity contribution >= 4 is 21.6 Å². The number of hydrogen-bond donors (Lipinski definition) is 0. The van der Waals surface area contributed by atoms with Gasteiger partial charge in [-0.3, -0.25) is 0 Å². The van der Waals surface area contributed by atoms with E-state index in [0.717, 1.165) is 11.1 Å². The van der Waals surface area contributed by atoms with Gasteiger partial charge in [0.2, 0.25) is 10.0 Å². The molecule has 0 fully saturated rings. The predicted octanol–water partition coefficient (Wildman–Crippen LogP) is 4.43. The Kier molecular flexibility index (Phi) is 5.91. The zero-order valence-electron chi connectivity index (χ0n) is 14.3. The SMILES string of the molecule is CCN(C(C)c1cccc(OC)c1)S(=O)(=O)c1ccc(C)cc1Cl. The van der Waals surface area contributed by atoms with Crippen LogP contribution in [0, 0.1) is 6.92 Å². The van der Waals surface area contributed by atoms with Crippen LogP contribution in [0.3, 0.4) is 0 Å². The summed E-state index contributed by atoms with van der Waals surface area (Å²) in [4.78, 5) is 0.131. The van der Waals surface area contributed by atoms with Crippen LogP contribution in [0.1, 0.15) is 31.0 Å². The van der Waals surface area contributed by atoms with Crippen molar-refractivity contribution in [3.05, 3.63) is 58.6 Å². The van der Waals surface area contributed by atoms with Gasteiger partial charge < -0.3 is 4.74 Å². The van der Waals surface area contributed by atoms with Gasteiger partial charge in [0.1, 0.15) is 10.6 Å². The lowest BCUT2D eigenvalue weighted by atomic mass is 10.1. The highest BCUT2D eigenvalue weighted by Crippen LogP contribution is 2.32. The monoisotopic (exact) mass is 367 g/mol. The average molecular weight is 368 g/mol. The van der Waals surface area contributed by atoms with Gasteiger partial charge in [0.25, 0.3) is 0 Å². The molecule has 130 valence electrons. The number of methoxy groups -OCH3 is 1. The molecule has 0 aliphatic rings. The molecule has 2 aromatic carbocycles. The summed E-state index contributed by atoms with van der Waals surface area (Å²) in [5, 5.41) is 0.242. The van der Waals surface area contributed by atoms with E-state index in [1.165, 1.54) is 4.31 Å². The first kappa shape index (κ1) is 18.8. The smallest absolute Gasteiger partial charge is 0.245 e. The van der Waals surface area contributed by atoms with E-state index >= 15 is 0 Å². The van der Waals surface area contributed by atoms with E-state index in [-0.39, 0.29) is 16.0 Å². The van der Waals surface area contributed by atoms with Crippen molar-refractivity contribution in [2.45, 2.75) is 31.7 Å². The molecular weight excluding hydrogens is 346 g/mol. The Bertz CT molecular complexity index is 821. The van der Waals surface area contributed by atoms with Crippen LogP contribution in [0.2, 0.25) is 5.02 Å². The molecule has 0 bridgehead atoms. The fourth-order valence-electron chi connectivity index (χ4n) is 2.66. The Morgan fingerprint density at radius 2 is 1.92 bits per heavy atom. The fraction of sp³-hybridized carbons (Fsp3) is 0.333. The largest absolute Gasteiger partial charge is 0.497 e. The van der Waals surface area contributed by atoms with Gasteiger partial charge in [0, 0.05) is 12.6 Å². The Labute approximate surface area is 149 Å². The van der Waals surface area contributed by atoms with Crippen LogP contribution in [-0.4, -0.2) is 26.4 Å². The predicted molar refractivity (Wildman–Crippen MR) is 97.2 cm³/mol. The van der Waals surface area contributed by atoms with Crippen LogP contribution in [0.15, 0.2) is 47.4 Å². The summed E-state index contributed by atoms with van der Waals surface area (Å²) in [6, 6.07) is 12.1. The van der Waals surface area contributed by atoms with Gasteiger partial charge in [-0.1, -0.05) is 36.7 Å². The topological polar surface area (TPSA) is 46.6 Å². The second-order valence-corrected chi connectivity index (χ2v) is 7.86. The summed E-state index contributed by atoms with van der Waals surface area (Å²) in [6.45, 7) is 5.89. The lowest BCUT2D eigenvalue weighted by molar-refractivity contribution is 0.355. The van der Waals surface area contributed by atoms with Crippen LogP contribution in [0.5, 0.6) is 5.75 Å². The molecule has 24 heavy (non-hydrogen) atoms. The molecule has 0 saturated heterocycles. The molecule has 0 radical (unpaired) electrons. The van der Waals surface area contributed by atoms with Crippen LogP contribution >= 0.6 is 11.6 Å². The fourth-order valence-corrected chi connectivity index (χ4v) is 4.86. The maximum Gasteiger partial charge on any atom is 0.245 e. The van der Waals surface area contributed by atoms with Gasteiger partial charge in [-0.15, -0.1) is 0 Å². The number of ether oxygens (including phenoxy) is 1. The Morgan fingerprint density at radius 1 is 1.21 bits per heavy atom. The Balaban J connectivity index is 2.45. The van der Waals surface area contributed by atoms with E-state index in [0.29, 0.717) is 12.3 Å². The lowest BCUT2D eigenvalue weighted by Crippen LogP contribution is -2.33. The van der Waals surface area contributed by atoms with Crippen molar-refractivity contribution < 1.29 is 13.2 Å². The molecule has 0 aliphatic carbocycles. The van der Waals surface area contributed by atoms with Crippen LogP contribution in [-0.2, 0) is 10.0 Å². The van der Waals surface area contributed by atoms with Crippen molar-refractivity contribution in [1.29, 1.82) is 0 Å². The molecule has 0 amide bonds. The minimum Gasteiger partial charge on any atom is -0.497 e. The molecule has 2 aromatic rings. The van der Waals surface area contributed by atoms with Crippen molar-refractivity contribution in [2.24, 2.45) is 0 Å². The van der Waals surface area contributed by atoms with Crippen LogP contribution in [0.4, 0.5) is 0 Å². The van der Waals surface area contributed by atoms with E-state index in [2.05, 4.69) is 0 Å². The van der Waals surface area contributed by atoms with E-state index in [1.54, 1.807) is 25.3 Å². The number of benzene rings is 2. The maximum absolute atomic E-state index is 13.1. The summed E-state index contributed by atoms with van der Waals surface area (Å²) >= 11 is 6.19. The van der Waals surface area contributed by atoms with E-state index in [1.807, 2.05) is 45.0 Å². The normalized spacial score (nSPS) is 13.1. The standard InChI is InChI=1S/C18H22ClNO3S/c1-5-20(14(3)15-7-6-8-16(12-15)23-4)24(21,22)18-10-9-13(2)11-17(18)19/h6-12,14H,5H2,1-4H3. The number of hydrogen-bond acceptors (Lipinski definition) is 3. The molecule has 0 aliphatic heterocycles. The van der Waals surface area contributed by atoms with Crippen molar-refractivity contribution in [3.63, 3.8) is 0 Å². The van der Waals surface area contributed by atoms with E-state index < -0.39 is 10.0 Å². The summed E-state index contributed by atoms with van der Waals surface area (Å²) in [6.07, 6.45) is 0. The van der Waals surface area contributed by atoms with Gasteiger partial charge in [-0.25, -0.2) is 8.42 Å². The average Bonchev–Trinajstić information content (AvgIpc) is 2.54. The van der Waals surface area contributed by atoms with Crippen LogP contribution < -0.4 is 4.74 Å². The second-order valence-electron chi connectivity index (χ2n) is 5.59. The molecule has 0 heterocycles. The lowest BCUT2D eigenvalue weighted by Gasteiger charge is -2.28. The first-order valence-electron chi connectivity index (χ1n) is 7.73. The number of aryl methyl sites for hydroxylation is 1. The van der Waals surface area contributed by atoms with Crippen molar-refractivity contribution in [1.82, 2.24) is 4.31 Å². The third-order valence-corrected chi connectivity index (χ3v) is 6.52. The number of halogens is 1. The highest BCUT2D eigenvalue weighted by Gasteiger charge is 2.30. The van der Waals surface area contributed by atoms with Gasteiger partial charge in [0.05, 0.1) is 12.1 Å². The third-order valence-electron chi connectivity index (χ3n) is 3.99. The minimum absolute atomic E-state index is 0.131. The van der Waals surface area contributed by atoms with E-state index in [4.69, 9.17) is 16.3 Å². The summed E-state index contributed by atoms with van der Waals surface area (Å²) in [5.41, 5.74) is 1.78. The maximum atomic E-state index is 13.1. The Hall–Kier alpha value is -1.56. The van der Waals surface area contributed by atoms with Gasteiger partial charge in [0.15, 0.2) is 0 Å². The van der Waals surface area contributed by atoms with E-state index in [9.17, 15) is 8.42 Å². The number of sulfonamides is 1. The second kappa shape index (κ2) is 7.55.